The molecule has 1 unspecified atom stereocenters. The minimum Gasteiger partial charge on any atom is -0.479 e. The van der Waals surface area contributed by atoms with E-state index in [0.29, 0.717) is 0 Å². The van der Waals surface area contributed by atoms with Crippen molar-refractivity contribution >= 4 is 18.1 Å². The quantitative estimate of drug-likeness (QED) is 0.531. The molecule has 1 aliphatic carbocycles. The van der Waals surface area contributed by atoms with Gasteiger partial charge in [0.2, 0.25) is 12.2 Å². The fraction of sp³-hybridized carbons (Fsp3) is 0.222. The first-order valence-corrected chi connectivity index (χ1v) is 3.93. The van der Waals surface area contributed by atoms with Crippen LogP contribution >= 0.6 is 0 Å². The van der Waals surface area contributed by atoms with E-state index in [1.807, 2.05) is 0 Å². The van der Waals surface area contributed by atoms with Gasteiger partial charge in [-0.15, -0.1) is 0 Å². The lowest BCUT2D eigenvalue weighted by molar-refractivity contribution is -0.141. The lowest BCUT2D eigenvalue weighted by atomic mass is 9.90. The van der Waals surface area contributed by atoms with Gasteiger partial charge in [0.05, 0.1) is 5.70 Å². The second-order valence-electron chi connectivity index (χ2n) is 2.83. The summed E-state index contributed by atoms with van der Waals surface area (Å²) in [5.41, 5.74) is -1.50. The highest BCUT2D eigenvalue weighted by atomic mass is 16.4. The number of hydrogen-bond donors (Lipinski definition) is 1. The zero-order valence-electron chi connectivity index (χ0n) is 7.51. The van der Waals surface area contributed by atoms with Gasteiger partial charge in [0, 0.05) is 6.42 Å². The maximum absolute atomic E-state index is 10.9. The van der Waals surface area contributed by atoms with Gasteiger partial charge >= 0.3 is 5.97 Å². The van der Waals surface area contributed by atoms with Gasteiger partial charge in [0.1, 0.15) is 0 Å². The molecule has 1 N–H and O–H groups in total. The summed E-state index contributed by atoms with van der Waals surface area (Å²) in [7, 11) is 0. The molecular formula is C9H6N2O4. The molecule has 1 aliphatic rings. The summed E-state index contributed by atoms with van der Waals surface area (Å²) >= 11 is 0. The summed E-state index contributed by atoms with van der Waals surface area (Å²) in [6.07, 6.45) is 6.39. The van der Waals surface area contributed by atoms with Crippen LogP contribution in [0.2, 0.25) is 0 Å². The smallest absolute Gasteiger partial charge is 0.336 e. The van der Waals surface area contributed by atoms with Crippen molar-refractivity contribution in [2.75, 3.05) is 0 Å². The molecule has 0 saturated carbocycles. The molecule has 0 aromatic carbocycles. The lowest BCUT2D eigenvalue weighted by Gasteiger charge is -2.21. The number of allylic oxidation sites excluding steroid dienone is 2. The summed E-state index contributed by atoms with van der Waals surface area (Å²) in [5, 5.41) is 8.91. The molecular weight excluding hydrogens is 200 g/mol. The minimum atomic E-state index is -1.70. The van der Waals surface area contributed by atoms with Crippen molar-refractivity contribution in [3.63, 3.8) is 0 Å². The molecule has 76 valence electrons. The number of carbonyl (C=O) groups is 1. The van der Waals surface area contributed by atoms with Gasteiger partial charge in [0.25, 0.3) is 0 Å². The topological polar surface area (TPSA) is 96.2 Å². The van der Waals surface area contributed by atoms with E-state index in [4.69, 9.17) is 5.11 Å². The first-order chi connectivity index (χ1) is 7.14. The van der Waals surface area contributed by atoms with Crippen LogP contribution in [0.25, 0.3) is 0 Å². The fourth-order valence-corrected chi connectivity index (χ4v) is 1.20. The Morgan fingerprint density at radius 2 is 2.20 bits per heavy atom. The van der Waals surface area contributed by atoms with Crippen LogP contribution in [-0.2, 0) is 14.4 Å². The van der Waals surface area contributed by atoms with E-state index in [1.54, 1.807) is 0 Å². The molecule has 0 amide bonds. The molecule has 6 nitrogen and oxygen atoms in total. The molecule has 0 bridgehead atoms. The zero-order valence-corrected chi connectivity index (χ0v) is 7.51. The Labute approximate surface area is 84.3 Å². The highest BCUT2D eigenvalue weighted by molar-refractivity contribution is 5.84. The number of carboxylic acid groups (broad SMARTS) is 1. The molecule has 6 heteroatoms. The molecule has 0 spiro atoms. The van der Waals surface area contributed by atoms with Crippen LogP contribution in [0.5, 0.6) is 0 Å². The van der Waals surface area contributed by atoms with E-state index < -0.39 is 11.5 Å². The van der Waals surface area contributed by atoms with Crippen molar-refractivity contribution in [1.82, 2.24) is 0 Å². The lowest BCUT2D eigenvalue weighted by Crippen LogP contribution is -2.35. The van der Waals surface area contributed by atoms with Crippen LogP contribution < -0.4 is 0 Å². The largest absolute Gasteiger partial charge is 0.479 e. The Morgan fingerprint density at radius 1 is 1.47 bits per heavy atom. The predicted octanol–water partition coefficient (Wildman–Crippen LogP) is 0.325. The Bertz CT molecular complexity index is 435. The molecule has 0 aromatic heterocycles. The van der Waals surface area contributed by atoms with Gasteiger partial charge in [-0.1, -0.05) is 6.08 Å². The third-order valence-electron chi connectivity index (χ3n) is 1.92. The van der Waals surface area contributed by atoms with Crippen LogP contribution in [0.3, 0.4) is 0 Å². The number of carbonyl (C=O) groups excluding carboxylic acids is 2. The van der Waals surface area contributed by atoms with Crippen molar-refractivity contribution in [3.05, 3.63) is 23.9 Å². The van der Waals surface area contributed by atoms with E-state index >= 15 is 0 Å². The highest BCUT2D eigenvalue weighted by Crippen LogP contribution is 2.27. The standard InChI is InChI=1S/C9H6N2O4/c12-5-10-7-2-1-3-9(4-7,8(14)15)11-6-13/h1-3H,4H2,(H,14,15). The summed E-state index contributed by atoms with van der Waals surface area (Å²) < 4.78 is 0. The summed E-state index contributed by atoms with van der Waals surface area (Å²) in [4.78, 5) is 37.6. The zero-order chi connectivity index (χ0) is 11.3. The Balaban J connectivity index is 3.12. The van der Waals surface area contributed by atoms with E-state index in [0.717, 1.165) is 0 Å². The van der Waals surface area contributed by atoms with E-state index in [-0.39, 0.29) is 12.1 Å². The first kappa shape index (κ1) is 10.8. The van der Waals surface area contributed by atoms with Crippen LogP contribution in [-0.4, -0.2) is 28.8 Å². The van der Waals surface area contributed by atoms with Crippen molar-refractivity contribution in [2.45, 2.75) is 12.0 Å². The van der Waals surface area contributed by atoms with Gasteiger partial charge in [-0.2, -0.15) is 9.98 Å². The van der Waals surface area contributed by atoms with E-state index in [1.165, 1.54) is 30.4 Å². The third kappa shape index (κ3) is 2.14. The van der Waals surface area contributed by atoms with Crippen LogP contribution in [0, 0.1) is 0 Å². The Kier molecular flexibility index (Phi) is 3.08. The molecule has 0 aromatic rings. The van der Waals surface area contributed by atoms with Gasteiger partial charge in [-0.25, -0.2) is 14.4 Å². The monoisotopic (exact) mass is 206 g/mol. The summed E-state index contributed by atoms with van der Waals surface area (Å²) in [6, 6.07) is 0. The highest BCUT2D eigenvalue weighted by Gasteiger charge is 2.38. The molecule has 1 rings (SSSR count). The second-order valence-corrected chi connectivity index (χ2v) is 2.83. The molecule has 0 saturated heterocycles. The van der Waals surface area contributed by atoms with Crippen LogP contribution in [0.4, 0.5) is 0 Å². The summed E-state index contributed by atoms with van der Waals surface area (Å²) in [5.74, 6) is -1.30. The molecule has 0 radical (unpaired) electrons. The first-order valence-electron chi connectivity index (χ1n) is 3.93. The number of nitrogens with zero attached hydrogens (tertiary/aromatic N) is 2. The number of isocyanates is 2. The van der Waals surface area contributed by atoms with Crippen molar-refractivity contribution in [3.8, 4) is 0 Å². The maximum Gasteiger partial charge on any atom is 0.336 e. The molecule has 15 heavy (non-hydrogen) atoms. The number of carboxylic acids is 1. The third-order valence-corrected chi connectivity index (χ3v) is 1.92. The number of aliphatic carboxylic acids is 1. The van der Waals surface area contributed by atoms with Crippen molar-refractivity contribution < 1.29 is 19.5 Å². The van der Waals surface area contributed by atoms with E-state index in [9.17, 15) is 14.4 Å². The van der Waals surface area contributed by atoms with Gasteiger partial charge in [-0.3, -0.25) is 0 Å². The summed E-state index contributed by atoms with van der Waals surface area (Å²) in [6.45, 7) is 0. The average molecular weight is 206 g/mol. The van der Waals surface area contributed by atoms with Crippen LogP contribution in [0.15, 0.2) is 33.9 Å². The van der Waals surface area contributed by atoms with E-state index in [2.05, 4.69) is 9.98 Å². The molecule has 0 fully saturated rings. The number of rotatable bonds is 3. The Morgan fingerprint density at radius 3 is 2.73 bits per heavy atom. The van der Waals surface area contributed by atoms with Gasteiger partial charge < -0.3 is 5.11 Å². The van der Waals surface area contributed by atoms with Crippen LogP contribution in [0.1, 0.15) is 6.42 Å². The average Bonchev–Trinajstić information content (AvgIpc) is 2.19. The normalized spacial score (nSPS) is 23.3. The van der Waals surface area contributed by atoms with Gasteiger partial charge in [-0.05, 0) is 12.2 Å². The minimum absolute atomic E-state index is 0.163. The SMILES string of the molecule is O=C=NC1=CC=CC(N=C=O)(C(=O)O)C1. The van der Waals surface area contributed by atoms with Crippen molar-refractivity contribution in [1.29, 1.82) is 0 Å². The Hall–Kier alpha value is -2.29. The molecule has 1 atom stereocenters. The number of aliphatic imine (C=N–C) groups is 2. The maximum atomic E-state index is 10.9. The molecule has 0 aliphatic heterocycles. The molecule has 0 heterocycles. The number of hydrogen-bond acceptors (Lipinski definition) is 5. The fourth-order valence-electron chi connectivity index (χ4n) is 1.20. The van der Waals surface area contributed by atoms with Gasteiger partial charge in [0.15, 0.2) is 5.54 Å². The predicted molar refractivity (Wildman–Crippen MR) is 48.4 cm³/mol. The second kappa shape index (κ2) is 4.28. The van der Waals surface area contributed by atoms with Crippen molar-refractivity contribution in [2.24, 2.45) is 9.98 Å².